The van der Waals surface area contributed by atoms with Crippen molar-refractivity contribution in [2.75, 3.05) is 19.9 Å². The van der Waals surface area contributed by atoms with Gasteiger partial charge in [-0.2, -0.15) is 0 Å². The highest BCUT2D eigenvalue weighted by Gasteiger charge is 2.11. The molecule has 0 atom stereocenters. The Bertz CT molecular complexity index is 503. The van der Waals surface area contributed by atoms with Crippen LogP contribution in [-0.2, 0) is 9.53 Å². The fourth-order valence-electron chi connectivity index (χ4n) is 3.49. The Hall–Kier alpha value is -1.26. The average Bonchev–Trinajstić information content (AvgIpc) is 2.73. The average molecular weight is 441 g/mol. The summed E-state index contributed by atoms with van der Waals surface area (Å²) in [6, 6.07) is 0. The lowest BCUT2D eigenvalue weighted by molar-refractivity contribution is -0.114. The summed E-state index contributed by atoms with van der Waals surface area (Å²) in [6.45, 7) is 4.11. The summed E-state index contributed by atoms with van der Waals surface area (Å²) in [7, 11) is 0. The van der Waals surface area contributed by atoms with Crippen molar-refractivity contribution >= 4 is 18.3 Å². The van der Waals surface area contributed by atoms with Gasteiger partial charge < -0.3 is 15.4 Å². The zero-order valence-corrected chi connectivity index (χ0v) is 20.0. The van der Waals surface area contributed by atoms with Crippen molar-refractivity contribution in [1.29, 1.82) is 0 Å². The van der Waals surface area contributed by atoms with Gasteiger partial charge in [0.2, 0.25) is 5.91 Å². The van der Waals surface area contributed by atoms with E-state index in [2.05, 4.69) is 19.1 Å². The Morgan fingerprint density at radius 1 is 0.967 bits per heavy atom. The molecule has 0 bridgehead atoms. The second-order valence-electron chi connectivity index (χ2n) is 8.12. The van der Waals surface area contributed by atoms with Crippen molar-refractivity contribution in [1.82, 2.24) is 4.90 Å². The lowest BCUT2D eigenvalue weighted by atomic mass is 10.1. The van der Waals surface area contributed by atoms with Crippen LogP contribution in [0.5, 0.6) is 0 Å². The second kappa shape index (κ2) is 21.0. The van der Waals surface area contributed by atoms with Crippen LogP contribution in [0.2, 0.25) is 0 Å². The minimum absolute atomic E-state index is 0. The van der Waals surface area contributed by atoms with Gasteiger partial charge in [-0.05, 0) is 38.2 Å². The molecule has 1 amide bonds. The van der Waals surface area contributed by atoms with Gasteiger partial charge >= 0.3 is 0 Å². The lowest BCUT2D eigenvalue weighted by Gasteiger charge is -2.23. The molecule has 0 aromatic heterocycles. The standard InChI is InChI=1S/C25H44N2O2.ClH/c1-2-3-4-5-6-7-8-9-10-11-12-13-14-15-16-17-21-29-23-27-20-18-19-24(22-27)25(26)28;/h9-10,18-20H,2-8,11-17,21-23H2,1H3,(H2,26,28);1H/b10-9-;. The minimum Gasteiger partial charge on any atom is -0.366 e. The van der Waals surface area contributed by atoms with Crippen LogP contribution >= 0.6 is 12.4 Å². The van der Waals surface area contributed by atoms with E-state index in [0.29, 0.717) is 18.8 Å². The highest BCUT2D eigenvalue weighted by Crippen LogP contribution is 2.11. The van der Waals surface area contributed by atoms with Gasteiger partial charge in [0.25, 0.3) is 0 Å². The van der Waals surface area contributed by atoms with Gasteiger partial charge in [0, 0.05) is 18.4 Å². The van der Waals surface area contributed by atoms with E-state index >= 15 is 0 Å². The molecular formula is C25H45ClN2O2. The predicted molar refractivity (Wildman–Crippen MR) is 131 cm³/mol. The molecule has 0 aromatic rings. The number of primary amides is 1. The summed E-state index contributed by atoms with van der Waals surface area (Å²) >= 11 is 0. The van der Waals surface area contributed by atoms with Crippen LogP contribution < -0.4 is 5.73 Å². The van der Waals surface area contributed by atoms with Gasteiger partial charge in [-0.25, -0.2) is 0 Å². The molecule has 4 nitrogen and oxygen atoms in total. The third kappa shape index (κ3) is 16.5. The van der Waals surface area contributed by atoms with Crippen LogP contribution in [0.4, 0.5) is 0 Å². The second-order valence-corrected chi connectivity index (χ2v) is 8.12. The SMILES string of the molecule is CCCCCCCC/C=C\CCCCCCCCOCN1C=CC=C(C(N)=O)C1.Cl. The van der Waals surface area contributed by atoms with Gasteiger partial charge in [-0.1, -0.05) is 82.9 Å². The van der Waals surface area contributed by atoms with E-state index in [4.69, 9.17) is 10.5 Å². The largest absolute Gasteiger partial charge is 0.366 e. The third-order valence-corrected chi connectivity index (χ3v) is 5.34. The molecule has 0 saturated heterocycles. The Balaban J connectivity index is 0.00000841. The summed E-state index contributed by atoms with van der Waals surface area (Å²) in [6.07, 6.45) is 28.8. The van der Waals surface area contributed by atoms with Crippen molar-refractivity contribution in [2.24, 2.45) is 5.73 Å². The maximum Gasteiger partial charge on any atom is 0.246 e. The quantitative estimate of drug-likeness (QED) is 0.180. The molecule has 174 valence electrons. The molecule has 2 N–H and O–H groups in total. The number of nitrogens with zero attached hydrogens (tertiary/aromatic N) is 1. The van der Waals surface area contributed by atoms with Crippen LogP contribution in [0.25, 0.3) is 0 Å². The maximum atomic E-state index is 11.2. The van der Waals surface area contributed by atoms with Gasteiger partial charge in [-0.3, -0.25) is 4.79 Å². The molecule has 0 unspecified atom stereocenters. The van der Waals surface area contributed by atoms with E-state index in [1.54, 1.807) is 6.08 Å². The molecule has 5 heteroatoms. The Morgan fingerprint density at radius 2 is 1.53 bits per heavy atom. The van der Waals surface area contributed by atoms with E-state index in [-0.39, 0.29) is 18.3 Å². The number of carbonyl (C=O) groups excluding carboxylic acids is 1. The van der Waals surface area contributed by atoms with Gasteiger partial charge in [0.1, 0.15) is 6.73 Å². The first-order chi connectivity index (χ1) is 14.2. The number of unbranched alkanes of at least 4 members (excludes halogenated alkanes) is 12. The first kappa shape index (κ1) is 28.7. The van der Waals surface area contributed by atoms with Crippen molar-refractivity contribution in [2.45, 2.75) is 96.8 Å². The van der Waals surface area contributed by atoms with E-state index in [1.807, 2.05) is 17.2 Å². The molecule has 1 rings (SSSR count). The molecule has 0 radical (unpaired) electrons. The van der Waals surface area contributed by atoms with Crippen molar-refractivity contribution < 1.29 is 9.53 Å². The van der Waals surface area contributed by atoms with Crippen molar-refractivity contribution in [3.63, 3.8) is 0 Å². The molecule has 30 heavy (non-hydrogen) atoms. The molecule has 1 aliphatic rings. The Morgan fingerprint density at radius 3 is 2.13 bits per heavy atom. The predicted octanol–water partition coefficient (Wildman–Crippen LogP) is 6.66. The lowest BCUT2D eigenvalue weighted by Crippen LogP contribution is -2.30. The maximum absolute atomic E-state index is 11.2. The van der Waals surface area contributed by atoms with Gasteiger partial charge in [0.15, 0.2) is 0 Å². The third-order valence-electron chi connectivity index (χ3n) is 5.34. The summed E-state index contributed by atoms with van der Waals surface area (Å²) in [5.41, 5.74) is 5.95. The molecule has 0 aromatic carbocycles. The summed E-state index contributed by atoms with van der Waals surface area (Å²) in [5.74, 6) is -0.354. The molecule has 0 saturated carbocycles. The Kier molecular flexibility index (Phi) is 20.1. The van der Waals surface area contributed by atoms with Crippen molar-refractivity contribution in [3.05, 3.63) is 36.1 Å². The van der Waals surface area contributed by atoms with Crippen molar-refractivity contribution in [3.8, 4) is 0 Å². The van der Waals surface area contributed by atoms with E-state index < -0.39 is 0 Å². The molecule has 1 aliphatic heterocycles. The molecule has 0 fully saturated rings. The normalized spacial score (nSPS) is 13.5. The topological polar surface area (TPSA) is 55.6 Å². The highest BCUT2D eigenvalue weighted by molar-refractivity contribution is 5.92. The Labute approximate surface area is 191 Å². The fourth-order valence-corrected chi connectivity index (χ4v) is 3.49. The first-order valence-corrected chi connectivity index (χ1v) is 11.9. The molecule has 1 heterocycles. The number of hydrogen-bond acceptors (Lipinski definition) is 3. The zero-order chi connectivity index (χ0) is 21.0. The molecule has 0 spiro atoms. The number of ether oxygens (including phenoxy) is 1. The summed E-state index contributed by atoms with van der Waals surface area (Å²) in [4.78, 5) is 13.2. The van der Waals surface area contributed by atoms with Crippen LogP contribution in [0.1, 0.15) is 96.8 Å². The monoisotopic (exact) mass is 440 g/mol. The van der Waals surface area contributed by atoms with Gasteiger partial charge in [0.05, 0.1) is 6.54 Å². The van der Waals surface area contributed by atoms with Crippen LogP contribution in [-0.4, -0.2) is 30.7 Å². The number of carbonyl (C=O) groups is 1. The zero-order valence-electron chi connectivity index (χ0n) is 19.2. The number of rotatable bonds is 19. The number of allylic oxidation sites excluding steroid dienone is 4. The highest BCUT2D eigenvalue weighted by atomic mass is 35.5. The molecule has 0 aliphatic carbocycles. The number of amides is 1. The fraction of sp³-hybridized carbons (Fsp3) is 0.720. The van der Waals surface area contributed by atoms with E-state index in [9.17, 15) is 4.79 Å². The van der Waals surface area contributed by atoms with Crippen LogP contribution in [0.15, 0.2) is 36.1 Å². The number of nitrogens with two attached hydrogens (primary N) is 1. The van der Waals surface area contributed by atoms with Crippen LogP contribution in [0.3, 0.4) is 0 Å². The van der Waals surface area contributed by atoms with Gasteiger partial charge in [-0.15, -0.1) is 12.4 Å². The number of hydrogen-bond donors (Lipinski definition) is 1. The smallest absolute Gasteiger partial charge is 0.246 e. The summed E-state index contributed by atoms with van der Waals surface area (Å²) < 4.78 is 5.71. The van der Waals surface area contributed by atoms with E-state index in [1.165, 1.54) is 83.5 Å². The van der Waals surface area contributed by atoms with E-state index in [0.717, 1.165) is 13.0 Å². The van der Waals surface area contributed by atoms with Crippen LogP contribution in [0, 0.1) is 0 Å². The minimum atomic E-state index is -0.354. The number of halogens is 1. The first-order valence-electron chi connectivity index (χ1n) is 11.9. The molecular weight excluding hydrogens is 396 g/mol. The summed E-state index contributed by atoms with van der Waals surface area (Å²) in [5, 5.41) is 0.